The van der Waals surface area contributed by atoms with E-state index in [-0.39, 0.29) is 33.9 Å². The van der Waals surface area contributed by atoms with Crippen LogP contribution in [0.1, 0.15) is 16.8 Å². The molecule has 0 atom stereocenters. The van der Waals surface area contributed by atoms with Gasteiger partial charge in [-0.2, -0.15) is 0 Å². The van der Waals surface area contributed by atoms with Crippen LogP contribution in [0.15, 0.2) is 71.6 Å². The maximum absolute atomic E-state index is 13.0. The SMILES string of the molecule is O=C1CC(=O)Nc2cc(S(=O)(=O)Nc3ccccc3C(=O)Nc3ccc(Cl)cc3)ccc2N1. The Labute approximate surface area is 194 Å². The lowest BCUT2D eigenvalue weighted by Crippen LogP contribution is -2.19. The van der Waals surface area contributed by atoms with Crippen molar-refractivity contribution in [3.8, 4) is 0 Å². The molecule has 0 spiro atoms. The third kappa shape index (κ3) is 5.13. The fourth-order valence-corrected chi connectivity index (χ4v) is 4.37. The summed E-state index contributed by atoms with van der Waals surface area (Å²) in [5, 5.41) is 8.23. The molecule has 0 aliphatic carbocycles. The number of benzene rings is 3. The zero-order valence-corrected chi connectivity index (χ0v) is 18.5. The highest BCUT2D eigenvalue weighted by Crippen LogP contribution is 2.29. The molecule has 4 N–H and O–H groups in total. The number of fused-ring (bicyclic) bond motifs is 1. The molecule has 3 aromatic rings. The molecule has 0 aromatic heterocycles. The Morgan fingerprint density at radius 1 is 0.879 bits per heavy atom. The second kappa shape index (κ2) is 8.93. The lowest BCUT2D eigenvalue weighted by Gasteiger charge is -2.14. The number of hydrogen-bond acceptors (Lipinski definition) is 5. The molecule has 9 nitrogen and oxygen atoms in total. The van der Waals surface area contributed by atoms with E-state index in [9.17, 15) is 22.8 Å². The summed E-state index contributed by atoms with van der Waals surface area (Å²) in [6, 6.07) is 16.5. The van der Waals surface area contributed by atoms with Gasteiger partial charge >= 0.3 is 0 Å². The van der Waals surface area contributed by atoms with Crippen LogP contribution >= 0.6 is 11.6 Å². The van der Waals surface area contributed by atoms with Crippen LogP contribution in [0.3, 0.4) is 0 Å². The van der Waals surface area contributed by atoms with E-state index in [0.29, 0.717) is 10.7 Å². The number of hydrogen-bond donors (Lipinski definition) is 4. The van der Waals surface area contributed by atoms with Crippen LogP contribution in [0.4, 0.5) is 22.7 Å². The van der Waals surface area contributed by atoms with E-state index in [1.165, 1.54) is 30.3 Å². The lowest BCUT2D eigenvalue weighted by atomic mass is 10.1. The van der Waals surface area contributed by atoms with E-state index in [2.05, 4.69) is 20.7 Å². The first-order valence-electron chi connectivity index (χ1n) is 9.64. The van der Waals surface area contributed by atoms with Gasteiger partial charge in [0.05, 0.1) is 27.5 Å². The standard InChI is InChI=1S/C22H17ClN4O5S/c23-13-5-7-14(8-6-13)24-22(30)16-3-1-2-4-17(16)27-33(31,32)15-9-10-18-19(11-15)26-21(29)12-20(28)25-18/h1-11,27H,12H2,(H,24,30)(H,25,28)(H,26,29). The smallest absolute Gasteiger partial charge is 0.261 e. The van der Waals surface area contributed by atoms with Gasteiger partial charge < -0.3 is 16.0 Å². The van der Waals surface area contributed by atoms with Gasteiger partial charge in [-0.3, -0.25) is 19.1 Å². The van der Waals surface area contributed by atoms with Crippen molar-refractivity contribution in [3.05, 3.63) is 77.3 Å². The molecule has 0 saturated carbocycles. The van der Waals surface area contributed by atoms with E-state index in [4.69, 9.17) is 11.6 Å². The summed E-state index contributed by atoms with van der Waals surface area (Å²) < 4.78 is 28.5. The first-order chi connectivity index (χ1) is 15.7. The maximum Gasteiger partial charge on any atom is 0.261 e. The summed E-state index contributed by atoms with van der Waals surface area (Å²) in [6.45, 7) is 0. The topological polar surface area (TPSA) is 133 Å². The second-order valence-corrected chi connectivity index (χ2v) is 9.21. The first-order valence-corrected chi connectivity index (χ1v) is 11.5. The first kappa shape index (κ1) is 22.3. The minimum Gasteiger partial charge on any atom is -0.324 e. The van der Waals surface area contributed by atoms with Gasteiger partial charge in [0, 0.05) is 10.7 Å². The van der Waals surface area contributed by atoms with Crippen LogP contribution in [-0.4, -0.2) is 26.1 Å². The molecule has 0 radical (unpaired) electrons. The van der Waals surface area contributed by atoms with Gasteiger partial charge in [-0.1, -0.05) is 23.7 Å². The highest BCUT2D eigenvalue weighted by Gasteiger charge is 2.23. The van der Waals surface area contributed by atoms with Crippen molar-refractivity contribution in [2.24, 2.45) is 0 Å². The van der Waals surface area contributed by atoms with Crippen molar-refractivity contribution < 1.29 is 22.8 Å². The largest absolute Gasteiger partial charge is 0.324 e. The predicted molar refractivity (Wildman–Crippen MR) is 125 cm³/mol. The van der Waals surface area contributed by atoms with E-state index in [1.807, 2.05) is 0 Å². The molecule has 1 aliphatic rings. The Kier molecular flexibility index (Phi) is 6.03. The normalized spacial score (nSPS) is 13.2. The Morgan fingerprint density at radius 2 is 1.55 bits per heavy atom. The number of carbonyl (C=O) groups is 3. The molecule has 1 heterocycles. The predicted octanol–water partition coefficient (Wildman–Crippen LogP) is 3.67. The summed E-state index contributed by atoms with van der Waals surface area (Å²) in [5.74, 6) is -1.58. The van der Waals surface area contributed by atoms with Crippen molar-refractivity contribution >= 4 is 62.1 Å². The van der Waals surface area contributed by atoms with Crippen LogP contribution in [0.5, 0.6) is 0 Å². The van der Waals surface area contributed by atoms with Crippen molar-refractivity contribution in [2.45, 2.75) is 11.3 Å². The zero-order chi connectivity index (χ0) is 23.6. The number of anilines is 4. The zero-order valence-electron chi connectivity index (χ0n) is 16.9. The van der Waals surface area contributed by atoms with Gasteiger partial charge in [0.1, 0.15) is 6.42 Å². The molecule has 0 bridgehead atoms. The fraction of sp³-hybridized carbons (Fsp3) is 0.0455. The molecule has 0 unspecified atom stereocenters. The molecule has 11 heteroatoms. The minimum absolute atomic E-state index is 0.0660. The number of amides is 3. The quantitative estimate of drug-likeness (QED) is 0.410. The average molecular weight is 485 g/mol. The lowest BCUT2D eigenvalue weighted by molar-refractivity contribution is -0.123. The Bertz CT molecular complexity index is 1370. The summed E-state index contributed by atoms with van der Waals surface area (Å²) in [7, 11) is -4.14. The molecule has 3 aromatic carbocycles. The molecule has 4 rings (SSSR count). The number of rotatable bonds is 5. The van der Waals surface area contributed by atoms with Crippen molar-refractivity contribution in [3.63, 3.8) is 0 Å². The van der Waals surface area contributed by atoms with Gasteiger partial charge in [0.25, 0.3) is 15.9 Å². The Hall–Kier alpha value is -3.89. The molecule has 3 amide bonds. The van der Waals surface area contributed by atoms with E-state index < -0.39 is 27.7 Å². The van der Waals surface area contributed by atoms with Crippen LogP contribution in [0, 0.1) is 0 Å². The highest BCUT2D eigenvalue weighted by molar-refractivity contribution is 7.92. The number of carbonyl (C=O) groups excluding carboxylic acids is 3. The number of nitrogens with one attached hydrogen (secondary N) is 4. The molecular formula is C22H17ClN4O5S. The van der Waals surface area contributed by atoms with Crippen molar-refractivity contribution in [1.82, 2.24) is 0 Å². The summed E-state index contributed by atoms with van der Waals surface area (Å²) in [5.41, 5.74) is 1.10. The van der Waals surface area contributed by atoms with E-state index in [1.54, 1.807) is 36.4 Å². The van der Waals surface area contributed by atoms with Gasteiger partial charge in [-0.15, -0.1) is 0 Å². The van der Waals surface area contributed by atoms with Crippen LogP contribution in [0.2, 0.25) is 5.02 Å². The second-order valence-electron chi connectivity index (χ2n) is 7.09. The van der Waals surface area contributed by atoms with Crippen molar-refractivity contribution in [2.75, 3.05) is 20.7 Å². The molecule has 0 saturated heterocycles. The fourth-order valence-electron chi connectivity index (χ4n) is 3.14. The Balaban J connectivity index is 1.60. The van der Waals surface area contributed by atoms with E-state index in [0.717, 1.165) is 0 Å². The summed E-state index contributed by atoms with van der Waals surface area (Å²) in [4.78, 5) is 36.1. The maximum atomic E-state index is 13.0. The van der Waals surface area contributed by atoms with Crippen LogP contribution in [0.25, 0.3) is 0 Å². The van der Waals surface area contributed by atoms with E-state index >= 15 is 0 Å². The third-order valence-electron chi connectivity index (χ3n) is 4.69. The third-order valence-corrected chi connectivity index (χ3v) is 6.30. The monoisotopic (exact) mass is 484 g/mol. The molecule has 1 aliphatic heterocycles. The number of halogens is 1. The summed E-state index contributed by atoms with van der Waals surface area (Å²) in [6.07, 6.45) is -0.370. The highest BCUT2D eigenvalue weighted by atomic mass is 35.5. The average Bonchev–Trinajstić information content (AvgIpc) is 2.91. The number of para-hydroxylation sites is 1. The summed E-state index contributed by atoms with van der Waals surface area (Å²) >= 11 is 5.86. The number of sulfonamides is 1. The van der Waals surface area contributed by atoms with Gasteiger partial charge in [0.15, 0.2) is 0 Å². The molecule has 0 fully saturated rings. The molecular weight excluding hydrogens is 468 g/mol. The van der Waals surface area contributed by atoms with Gasteiger partial charge in [-0.05, 0) is 54.6 Å². The van der Waals surface area contributed by atoms with Gasteiger partial charge in [-0.25, -0.2) is 8.42 Å². The van der Waals surface area contributed by atoms with Crippen LogP contribution in [-0.2, 0) is 19.6 Å². The molecule has 168 valence electrons. The van der Waals surface area contributed by atoms with Gasteiger partial charge in [0.2, 0.25) is 11.8 Å². The van der Waals surface area contributed by atoms with Crippen molar-refractivity contribution in [1.29, 1.82) is 0 Å². The molecule has 33 heavy (non-hydrogen) atoms. The van der Waals surface area contributed by atoms with Crippen LogP contribution < -0.4 is 20.7 Å². The Morgan fingerprint density at radius 3 is 2.27 bits per heavy atom. The minimum atomic E-state index is -4.14.